The Morgan fingerprint density at radius 2 is 2.22 bits per heavy atom. The van der Waals surface area contributed by atoms with Gasteiger partial charge in [0.05, 0.1) is 0 Å². The average Bonchev–Trinajstić information content (AvgIpc) is 2.43. The summed E-state index contributed by atoms with van der Waals surface area (Å²) in [5.41, 5.74) is 1.33. The first kappa shape index (κ1) is 13.0. The minimum absolute atomic E-state index is 0.802. The normalized spacial score (nSPS) is 10.9. The maximum absolute atomic E-state index is 5.31. The Balaban J connectivity index is 1.88. The standard InChI is InChI=1S/C15H20N2O/c1-2-18-10-4-8-16-11-13-5-3-6-14-12-17-9-7-15(13)14/h3,5-7,9,12,16H,2,4,8,10-11H2,1H3. The lowest BCUT2D eigenvalue weighted by Crippen LogP contribution is -2.16. The van der Waals surface area contributed by atoms with Gasteiger partial charge in [0.2, 0.25) is 0 Å². The van der Waals surface area contributed by atoms with Gasteiger partial charge in [-0.2, -0.15) is 0 Å². The number of nitrogens with one attached hydrogen (secondary N) is 1. The van der Waals surface area contributed by atoms with E-state index in [-0.39, 0.29) is 0 Å². The van der Waals surface area contributed by atoms with Gasteiger partial charge in [0.15, 0.2) is 0 Å². The number of pyridine rings is 1. The summed E-state index contributed by atoms with van der Waals surface area (Å²) in [6.45, 7) is 5.55. The molecule has 0 aliphatic rings. The highest BCUT2D eigenvalue weighted by Gasteiger charge is 1.99. The Hall–Kier alpha value is -1.45. The van der Waals surface area contributed by atoms with Gasteiger partial charge in [-0.3, -0.25) is 4.98 Å². The van der Waals surface area contributed by atoms with Crippen molar-refractivity contribution in [2.75, 3.05) is 19.8 Å². The molecule has 0 aliphatic carbocycles. The van der Waals surface area contributed by atoms with Crippen LogP contribution in [0.1, 0.15) is 18.9 Å². The van der Waals surface area contributed by atoms with E-state index in [1.165, 1.54) is 16.3 Å². The van der Waals surface area contributed by atoms with Crippen LogP contribution in [-0.2, 0) is 11.3 Å². The molecule has 2 rings (SSSR count). The largest absolute Gasteiger partial charge is 0.382 e. The molecule has 18 heavy (non-hydrogen) atoms. The molecule has 0 aliphatic heterocycles. The van der Waals surface area contributed by atoms with E-state index in [9.17, 15) is 0 Å². The summed E-state index contributed by atoms with van der Waals surface area (Å²) in [4.78, 5) is 4.15. The van der Waals surface area contributed by atoms with Crippen molar-refractivity contribution >= 4 is 10.8 Å². The molecule has 2 aromatic rings. The molecule has 0 atom stereocenters. The number of aromatic nitrogens is 1. The number of ether oxygens (including phenoxy) is 1. The van der Waals surface area contributed by atoms with Gasteiger partial charge in [-0.1, -0.05) is 18.2 Å². The van der Waals surface area contributed by atoms with Crippen LogP contribution in [0.15, 0.2) is 36.7 Å². The predicted octanol–water partition coefficient (Wildman–Crippen LogP) is 2.75. The fourth-order valence-corrected chi connectivity index (χ4v) is 2.01. The Morgan fingerprint density at radius 1 is 1.28 bits per heavy atom. The van der Waals surface area contributed by atoms with Gasteiger partial charge in [-0.05, 0) is 36.9 Å². The van der Waals surface area contributed by atoms with Gasteiger partial charge in [0.1, 0.15) is 0 Å². The zero-order chi connectivity index (χ0) is 12.6. The van der Waals surface area contributed by atoms with E-state index >= 15 is 0 Å². The fourth-order valence-electron chi connectivity index (χ4n) is 2.01. The van der Waals surface area contributed by atoms with Gasteiger partial charge in [-0.25, -0.2) is 0 Å². The Morgan fingerprint density at radius 3 is 3.11 bits per heavy atom. The molecule has 1 N–H and O–H groups in total. The van der Waals surface area contributed by atoms with Crippen molar-refractivity contribution < 1.29 is 4.74 Å². The van der Waals surface area contributed by atoms with Crippen molar-refractivity contribution in [1.29, 1.82) is 0 Å². The van der Waals surface area contributed by atoms with Gasteiger partial charge < -0.3 is 10.1 Å². The first-order valence-electron chi connectivity index (χ1n) is 6.52. The number of rotatable bonds is 7. The lowest BCUT2D eigenvalue weighted by Gasteiger charge is -2.08. The molecule has 0 saturated carbocycles. The Labute approximate surface area is 108 Å². The fraction of sp³-hybridized carbons (Fsp3) is 0.400. The van der Waals surface area contributed by atoms with E-state index in [0.29, 0.717) is 0 Å². The third-order valence-corrected chi connectivity index (χ3v) is 2.93. The van der Waals surface area contributed by atoms with Gasteiger partial charge in [0.25, 0.3) is 0 Å². The monoisotopic (exact) mass is 244 g/mol. The summed E-state index contributed by atoms with van der Waals surface area (Å²) in [6.07, 6.45) is 4.81. The average molecular weight is 244 g/mol. The quantitative estimate of drug-likeness (QED) is 0.760. The SMILES string of the molecule is CCOCCCNCc1cccc2cnccc12. The van der Waals surface area contributed by atoms with E-state index in [2.05, 4.69) is 34.6 Å². The Kier molecular flexibility index (Phi) is 5.12. The van der Waals surface area contributed by atoms with Gasteiger partial charge in [-0.15, -0.1) is 0 Å². The van der Waals surface area contributed by atoms with Crippen LogP contribution in [0.4, 0.5) is 0 Å². The maximum atomic E-state index is 5.31. The minimum atomic E-state index is 0.802. The summed E-state index contributed by atoms with van der Waals surface area (Å²) in [7, 11) is 0. The first-order valence-corrected chi connectivity index (χ1v) is 6.52. The van der Waals surface area contributed by atoms with Crippen molar-refractivity contribution in [1.82, 2.24) is 10.3 Å². The van der Waals surface area contributed by atoms with Crippen LogP contribution in [0.25, 0.3) is 10.8 Å². The van der Waals surface area contributed by atoms with Crippen molar-refractivity contribution in [3.8, 4) is 0 Å². The number of nitrogens with zero attached hydrogens (tertiary/aromatic N) is 1. The summed E-state index contributed by atoms with van der Waals surface area (Å²) in [5.74, 6) is 0. The minimum Gasteiger partial charge on any atom is -0.382 e. The molecule has 3 nitrogen and oxygen atoms in total. The molecule has 3 heteroatoms. The molecule has 1 aromatic carbocycles. The van der Waals surface area contributed by atoms with Crippen LogP contribution in [0.3, 0.4) is 0 Å². The molecule has 1 heterocycles. The maximum Gasteiger partial charge on any atom is 0.0477 e. The van der Waals surface area contributed by atoms with Crippen molar-refractivity contribution in [2.24, 2.45) is 0 Å². The highest BCUT2D eigenvalue weighted by molar-refractivity contribution is 5.84. The third-order valence-electron chi connectivity index (χ3n) is 2.93. The summed E-state index contributed by atoms with van der Waals surface area (Å²) >= 11 is 0. The molecule has 0 radical (unpaired) electrons. The number of fused-ring (bicyclic) bond motifs is 1. The van der Waals surface area contributed by atoms with Crippen LogP contribution in [0.2, 0.25) is 0 Å². The molecular weight excluding hydrogens is 224 g/mol. The van der Waals surface area contributed by atoms with Crippen molar-refractivity contribution in [3.05, 3.63) is 42.2 Å². The number of hydrogen-bond donors (Lipinski definition) is 1. The zero-order valence-corrected chi connectivity index (χ0v) is 10.9. The molecule has 1 aromatic heterocycles. The van der Waals surface area contributed by atoms with E-state index < -0.39 is 0 Å². The molecule has 0 saturated heterocycles. The second kappa shape index (κ2) is 7.09. The molecule has 0 unspecified atom stereocenters. The van der Waals surface area contributed by atoms with E-state index in [4.69, 9.17) is 4.74 Å². The highest BCUT2D eigenvalue weighted by atomic mass is 16.5. The van der Waals surface area contributed by atoms with Crippen LogP contribution in [0.5, 0.6) is 0 Å². The van der Waals surface area contributed by atoms with Crippen LogP contribution < -0.4 is 5.32 Å². The molecule has 0 amide bonds. The third kappa shape index (κ3) is 3.52. The topological polar surface area (TPSA) is 34.1 Å². The smallest absolute Gasteiger partial charge is 0.0477 e. The summed E-state index contributed by atoms with van der Waals surface area (Å²) in [5, 5.41) is 5.93. The van der Waals surface area contributed by atoms with E-state index in [1.807, 2.05) is 19.3 Å². The lowest BCUT2D eigenvalue weighted by molar-refractivity contribution is 0.144. The molecule has 0 bridgehead atoms. The van der Waals surface area contributed by atoms with Crippen LogP contribution in [-0.4, -0.2) is 24.7 Å². The summed E-state index contributed by atoms with van der Waals surface area (Å²) < 4.78 is 5.31. The molecular formula is C15H20N2O. The van der Waals surface area contributed by atoms with Crippen molar-refractivity contribution in [2.45, 2.75) is 19.9 Å². The van der Waals surface area contributed by atoms with E-state index in [0.717, 1.165) is 32.7 Å². The van der Waals surface area contributed by atoms with Crippen LogP contribution in [0, 0.1) is 0 Å². The molecule has 0 fully saturated rings. The van der Waals surface area contributed by atoms with Crippen molar-refractivity contribution in [3.63, 3.8) is 0 Å². The van der Waals surface area contributed by atoms with Crippen LogP contribution >= 0.6 is 0 Å². The highest BCUT2D eigenvalue weighted by Crippen LogP contribution is 2.16. The number of benzene rings is 1. The van der Waals surface area contributed by atoms with Gasteiger partial charge >= 0.3 is 0 Å². The first-order chi connectivity index (χ1) is 8.92. The summed E-state index contributed by atoms with van der Waals surface area (Å²) in [6, 6.07) is 8.42. The second-order valence-corrected chi connectivity index (χ2v) is 4.24. The molecule has 0 spiro atoms. The number of hydrogen-bond acceptors (Lipinski definition) is 3. The Bertz CT molecular complexity index is 479. The van der Waals surface area contributed by atoms with E-state index in [1.54, 1.807) is 0 Å². The lowest BCUT2D eigenvalue weighted by atomic mass is 10.1. The van der Waals surface area contributed by atoms with Gasteiger partial charge in [0, 0.05) is 37.5 Å². The molecule has 96 valence electrons. The second-order valence-electron chi connectivity index (χ2n) is 4.24. The predicted molar refractivity (Wildman–Crippen MR) is 74.6 cm³/mol. The zero-order valence-electron chi connectivity index (χ0n) is 10.9.